The Morgan fingerprint density at radius 2 is 1.86 bits per heavy atom. The second kappa shape index (κ2) is 8.91. The molecule has 2 aromatic carbocycles. The first kappa shape index (κ1) is 20.8. The number of aryl methyl sites for hydroxylation is 1. The molecule has 0 unspecified atom stereocenters. The minimum absolute atomic E-state index is 0.0134. The van der Waals surface area contributed by atoms with Crippen LogP contribution in [-0.4, -0.2) is 28.5 Å². The Morgan fingerprint density at radius 1 is 1.18 bits per heavy atom. The van der Waals surface area contributed by atoms with Gasteiger partial charge in [0.2, 0.25) is 0 Å². The number of benzene rings is 2. The molecule has 2 N–H and O–H groups in total. The standard InChI is InChI=1S/C18H17N3O6S/c1-3-27-15-7-6-11(9-14(15)21(25)26)16(22)20-18(28)19-13-8-12(17(23)24)5-4-10(13)2/h4-9H,3H2,1-2H3,(H,23,24)(H2,19,20,22,28)/p-1. The molecule has 9 nitrogen and oxygen atoms in total. The summed E-state index contributed by atoms with van der Waals surface area (Å²) in [5.74, 6) is -1.96. The number of nitrogens with one attached hydrogen (secondary N) is 2. The van der Waals surface area contributed by atoms with Crippen LogP contribution in [0.25, 0.3) is 0 Å². The lowest BCUT2D eigenvalue weighted by Crippen LogP contribution is -2.34. The average Bonchev–Trinajstić information content (AvgIpc) is 2.63. The fourth-order valence-electron chi connectivity index (χ4n) is 2.29. The topological polar surface area (TPSA) is 134 Å². The van der Waals surface area contributed by atoms with Gasteiger partial charge in [0.1, 0.15) is 0 Å². The molecule has 28 heavy (non-hydrogen) atoms. The largest absolute Gasteiger partial charge is 0.545 e. The van der Waals surface area contributed by atoms with Gasteiger partial charge < -0.3 is 20.0 Å². The Bertz CT molecular complexity index is 960. The zero-order chi connectivity index (χ0) is 20.8. The predicted octanol–water partition coefficient (Wildman–Crippen LogP) is 1.79. The van der Waals surface area contributed by atoms with Crippen LogP contribution in [0.4, 0.5) is 11.4 Å². The van der Waals surface area contributed by atoms with Crippen molar-refractivity contribution in [3.63, 3.8) is 0 Å². The third-order valence-corrected chi connectivity index (χ3v) is 3.87. The summed E-state index contributed by atoms with van der Waals surface area (Å²) in [5.41, 5.74) is 0.692. The fraction of sp³-hybridized carbons (Fsp3) is 0.167. The SMILES string of the molecule is CCOc1ccc(C(=O)NC(=S)Nc2cc(C(=O)[O-])ccc2C)cc1[N+](=O)[O-]. The van der Waals surface area contributed by atoms with Crippen LogP contribution in [0.3, 0.4) is 0 Å². The Balaban J connectivity index is 2.16. The van der Waals surface area contributed by atoms with E-state index in [-0.39, 0.29) is 34.3 Å². The molecular weight excluding hydrogens is 386 g/mol. The number of anilines is 1. The van der Waals surface area contributed by atoms with Crippen molar-refractivity contribution in [3.05, 3.63) is 63.2 Å². The fourth-order valence-corrected chi connectivity index (χ4v) is 2.49. The first-order chi connectivity index (χ1) is 13.2. The molecule has 0 saturated carbocycles. The molecule has 2 aromatic rings. The number of aromatic carboxylic acids is 1. The molecule has 146 valence electrons. The minimum Gasteiger partial charge on any atom is -0.545 e. The van der Waals surface area contributed by atoms with Gasteiger partial charge >= 0.3 is 5.69 Å². The highest BCUT2D eigenvalue weighted by Gasteiger charge is 2.19. The van der Waals surface area contributed by atoms with Crippen LogP contribution in [0.2, 0.25) is 0 Å². The molecule has 0 heterocycles. The van der Waals surface area contributed by atoms with Gasteiger partial charge in [-0.05, 0) is 55.4 Å². The van der Waals surface area contributed by atoms with Crippen LogP contribution in [0.5, 0.6) is 5.75 Å². The van der Waals surface area contributed by atoms with Gasteiger partial charge in [0.05, 0.1) is 17.5 Å². The van der Waals surface area contributed by atoms with Crippen molar-refractivity contribution in [1.29, 1.82) is 0 Å². The lowest BCUT2D eigenvalue weighted by atomic mass is 10.1. The van der Waals surface area contributed by atoms with E-state index in [9.17, 15) is 24.8 Å². The molecule has 10 heteroatoms. The van der Waals surface area contributed by atoms with E-state index >= 15 is 0 Å². The second-order valence-corrected chi connectivity index (χ2v) is 6.01. The van der Waals surface area contributed by atoms with E-state index in [4.69, 9.17) is 17.0 Å². The highest BCUT2D eigenvalue weighted by atomic mass is 32.1. The Kier molecular flexibility index (Phi) is 6.61. The summed E-state index contributed by atoms with van der Waals surface area (Å²) in [6, 6.07) is 8.07. The number of hydrogen-bond donors (Lipinski definition) is 2. The van der Waals surface area contributed by atoms with Gasteiger partial charge in [-0.15, -0.1) is 0 Å². The molecule has 0 saturated heterocycles. The summed E-state index contributed by atoms with van der Waals surface area (Å²) in [5, 5.41) is 27.2. The van der Waals surface area contributed by atoms with Gasteiger partial charge in [0.25, 0.3) is 5.91 Å². The number of carbonyl (C=O) groups is 2. The maximum absolute atomic E-state index is 12.3. The van der Waals surface area contributed by atoms with Crippen molar-refractivity contribution >= 4 is 40.6 Å². The van der Waals surface area contributed by atoms with Crippen LogP contribution in [-0.2, 0) is 0 Å². The van der Waals surface area contributed by atoms with Crippen molar-refractivity contribution in [2.24, 2.45) is 0 Å². The molecule has 0 bridgehead atoms. The number of thiocarbonyl (C=S) groups is 1. The average molecular weight is 402 g/mol. The van der Waals surface area contributed by atoms with E-state index in [1.807, 2.05) is 0 Å². The normalized spacial score (nSPS) is 10.1. The maximum atomic E-state index is 12.3. The molecule has 0 aliphatic heterocycles. The number of carbonyl (C=O) groups excluding carboxylic acids is 2. The zero-order valence-electron chi connectivity index (χ0n) is 15.0. The zero-order valence-corrected chi connectivity index (χ0v) is 15.8. The third-order valence-electron chi connectivity index (χ3n) is 3.67. The number of carboxylic acids is 1. The van der Waals surface area contributed by atoms with Crippen LogP contribution >= 0.6 is 12.2 Å². The molecule has 0 aliphatic rings. The van der Waals surface area contributed by atoms with E-state index < -0.39 is 16.8 Å². The molecule has 0 radical (unpaired) electrons. The van der Waals surface area contributed by atoms with Gasteiger partial charge in [-0.2, -0.15) is 0 Å². The van der Waals surface area contributed by atoms with Gasteiger partial charge in [-0.1, -0.05) is 12.1 Å². The molecule has 0 aliphatic carbocycles. The number of nitro benzene ring substituents is 1. The summed E-state index contributed by atoms with van der Waals surface area (Å²) in [7, 11) is 0. The molecular formula is C18H16N3O6S-. The Morgan fingerprint density at radius 3 is 2.46 bits per heavy atom. The molecule has 2 rings (SSSR count). The number of ether oxygens (including phenoxy) is 1. The quantitative estimate of drug-likeness (QED) is 0.424. The van der Waals surface area contributed by atoms with Gasteiger partial charge in [-0.25, -0.2) is 0 Å². The van der Waals surface area contributed by atoms with Gasteiger partial charge in [-0.3, -0.25) is 20.2 Å². The first-order valence-electron chi connectivity index (χ1n) is 8.08. The Hall–Kier alpha value is -3.53. The monoisotopic (exact) mass is 402 g/mol. The third kappa shape index (κ3) is 5.01. The number of rotatable bonds is 6. The van der Waals surface area contributed by atoms with Crippen LogP contribution in [0.1, 0.15) is 33.2 Å². The number of nitro groups is 1. The summed E-state index contributed by atoms with van der Waals surface area (Å²) < 4.78 is 5.17. The highest BCUT2D eigenvalue weighted by Crippen LogP contribution is 2.28. The van der Waals surface area contributed by atoms with Crippen molar-refractivity contribution in [2.45, 2.75) is 13.8 Å². The van der Waals surface area contributed by atoms with Crippen molar-refractivity contribution in [2.75, 3.05) is 11.9 Å². The molecule has 0 fully saturated rings. The summed E-state index contributed by atoms with van der Waals surface area (Å²) in [6.45, 7) is 3.65. The highest BCUT2D eigenvalue weighted by molar-refractivity contribution is 7.80. The lowest BCUT2D eigenvalue weighted by molar-refractivity contribution is -0.385. The van der Waals surface area contributed by atoms with Crippen molar-refractivity contribution in [1.82, 2.24) is 5.32 Å². The first-order valence-corrected chi connectivity index (χ1v) is 8.49. The van der Waals surface area contributed by atoms with Crippen LogP contribution < -0.4 is 20.5 Å². The number of amides is 1. The Labute approximate surface area is 165 Å². The van der Waals surface area contributed by atoms with E-state index in [0.29, 0.717) is 11.3 Å². The van der Waals surface area contributed by atoms with Crippen LogP contribution in [0, 0.1) is 17.0 Å². The second-order valence-electron chi connectivity index (χ2n) is 5.60. The molecule has 0 spiro atoms. The van der Waals surface area contributed by atoms with Crippen molar-refractivity contribution < 1.29 is 24.4 Å². The van der Waals surface area contributed by atoms with E-state index in [1.165, 1.54) is 24.3 Å². The number of hydrogen-bond acceptors (Lipinski definition) is 7. The summed E-state index contributed by atoms with van der Waals surface area (Å²) in [6.07, 6.45) is 0. The smallest absolute Gasteiger partial charge is 0.311 e. The molecule has 1 amide bonds. The number of carboxylic acid groups (broad SMARTS) is 1. The van der Waals surface area contributed by atoms with Crippen molar-refractivity contribution in [3.8, 4) is 5.75 Å². The minimum atomic E-state index is -1.35. The predicted molar refractivity (Wildman–Crippen MR) is 103 cm³/mol. The maximum Gasteiger partial charge on any atom is 0.311 e. The van der Waals surface area contributed by atoms with E-state index in [1.54, 1.807) is 19.9 Å². The molecule has 0 atom stereocenters. The summed E-state index contributed by atoms with van der Waals surface area (Å²) >= 11 is 5.07. The van der Waals surface area contributed by atoms with E-state index in [2.05, 4.69) is 10.6 Å². The lowest BCUT2D eigenvalue weighted by Gasteiger charge is -2.14. The van der Waals surface area contributed by atoms with Crippen LogP contribution in [0.15, 0.2) is 36.4 Å². The van der Waals surface area contributed by atoms with E-state index in [0.717, 1.165) is 6.07 Å². The molecule has 0 aromatic heterocycles. The summed E-state index contributed by atoms with van der Waals surface area (Å²) in [4.78, 5) is 33.8. The number of nitrogens with zero attached hydrogens (tertiary/aromatic N) is 1. The van der Waals surface area contributed by atoms with Gasteiger partial charge in [0.15, 0.2) is 10.9 Å². The van der Waals surface area contributed by atoms with Gasteiger partial charge in [0, 0.05) is 17.3 Å².